The second-order valence-electron chi connectivity index (χ2n) is 12.3. The Balaban J connectivity index is 1.29. The number of aromatic nitrogens is 3. The number of rotatable bonds is 6. The van der Waals surface area contributed by atoms with Crippen LogP contribution in [0.3, 0.4) is 0 Å². The van der Waals surface area contributed by atoms with Crippen LogP contribution in [-0.2, 0) is 6.54 Å². The summed E-state index contributed by atoms with van der Waals surface area (Å²) in [5.41, 5.74) is 20.4. The van der Waals surface area contributed by atoms with Crippen LogP contribution >= 0.6 is 0 Å². The quantitative estimate of drug-likeness (QED) is 0.286. The summed E-state index contributed by atoms with van der Waals surface area (Å²) in [4.78, 5) is 26.5. The van der Waals surface area contributed by atoms with E-state index in [-0.39, 0.29) is 24.9 Å². The Bertz CT molecular complexity index is 1910. The van der Waals surface area contributed by atoms with Gasteiger partial charge in [-0.2, -0.15) is 5.10 Å². The Morgan fingerprint density at radius 1 is 0.977 bits per heavy atom. The van der Waals surface area contributed by atoms with E-state index in [0.717, 1.165) is 56.6 Å². The zero-order valence-corrected chi connectivity index (χ0v) is 24.4. The number of piperidine rings is 1. The van der Waals surface area contributed by atoms with Crippen LogP contribution in [0.5, 0.6) is 0 Å². The fourth-order valence-corrected chi connectivity index (χ4v) is 6.47. The second-order valence-corrected chi connectivity index (χ2v) is 12.3. The number of nitrogens with two attached hydrogens (primary N) is 2. The number of fused-ring (bicyclic) bond motifs is 2. The molecule has 4 N–H and O–H groups in total. The maximum atomic E-state index is 14.2. The summed E-state index contributed by atoms with van der Waals surface area (Å²) in [6.45, 7) is 5.27. The molecule has 220 valence electrons. The van der Waals surface area contributed by atoms with Crippen molar-refractivity contribution >= 4 is 28.2 Å². The molecule has 0 radical (unpaired) electrons. The number of aryl methyl sites for hydroxylation is 2. The van der Waals surface area contributed by atoms with E-state index in [0.29, 0.717) is 23.6 Å². The van der Waals surface area contributed by atoms with Crippen LogP contribution in [0.2, 0.25) is 0 Å². The number of alkyl halides is 1. The molecule has 1 aliphatic heterocycles. The number of halogens is 1. The summed E-state index contributed by atoms with van der Waals surface area (Å²) in [5.74, 6) is -0.0263. The number of amides is 2. The van der Waals surface area contributed by atoms with Crippen molar-refractivity contribution in [1.29, 1.82) is 0 Å². The van der Waals surface area contributed by atoms with Crippen LogP contribution in [0.1, 0.15) is 51.1 Å². The number of nitrogens with zero attached hydrogens (tertiary/aromatic N) is 4. The lowest BCUT2D eigenvalue weighted by Gasteiger charge is -2.32. The molecule has 2 aromatic carbocycles. The van der Waals surface area contributed by atoms with Gasteiger partial charge in [0.05, 0.1) is 23.3 Å². The van der Waals surface area contributed by atoms with Gasteiger partial charge in [0, 0.05) is 47.4 Å². The van der Waals surface area contributed by atoms with E-state index in [4.69, 9.17) is 16.6 Å². The first kappa shape index (κ1) is 27.3. The molecule has 3 aromatic heterocycles. The highest BCUT2D eigenvalue weighted by molar-refractivity contribution is 5.96. The fraction of sp³-hybridized carbons (Fsp3) is 0.324. The van der Waals surface area contributed by atoms with Gasteiger partial charge in [0.1, 0.15) is 11.9 Å². The standard InChI is InChI=1S/C34H35FN6O2/c1-19-11-22(7-9-28(19)33(37)42)23-5-6-24-13-31(40(30(24)12-23)15-21-3-4-21)32-20(2)29-10-8-25(16-41(29)38-32)34(43)39-17-26(35)14-27(36)18-39/h5-13,16,21,26-27H,3-4,14-15,17-18,36H2,1-2H3,(H2,37,42)/t26-,27-/m1/s1. The van der Waals surface area contributed by atoms with Gasteiger partial charge in [0.15, 0.2) is 0 Å². The molecule has 2 amide bonds. The van der Waals surface area contributed by atoms with Gasteiger partial charge in [0.25, 0.3) is 5.91 Å². The highest BCUT2D eigenvalue weighted by Crippen LogP contribution is 2.38. The summed E-state index contributed by atoms with van der Waals surface area (Å²) in [7, 11) is 0. The van der Waals surface area contributed by atoms with Gasteiger partial charge >= 0.3 is 0 Å². The summed E-state index contributed by atoms with van der Waals surface area (Å²) < 4.78 is 18.3. The minimum Gasteiger partial charge on any atom is -0.366 e. The van der Waals surface area contributed by atoms with E-state index in [2.05, 4.69) is 35.8 Å². The van der Waals surface area contributed by atoms with Gasteiger partial charge < -0.3 is 20.9 Å². The van der Waals surface area contributed by atoms with Gasteiger partial charge in [-0.15, -0.1) is 0 Å². The van der Waals surface area contributed by atoms with Crippen LogP contribution < -0.4 is 11.5 Å². The third kappa shape index (κ3) is 4.97. The largest absolute Gasteiger partial charge is 0.366 e. The van der Waals surface area contributed by atoms with Crippen LogP contribution in [0, 0.1) is 19.8 Å². The lowest BCUT2D eigenvalue weighted by Crippen LogP contribution is -2.50. The summed E-state index contributed by atoms with van der Waals surface area (Å²) in [6.07, 6.45) is 3.33. The molecule has 0 spiro atoms. The minimum absolute atomic E-state index is 0.0616. The van der Waals surface area contributed by atoms with Crippen molar-refractivity contribution in [2.24, 2.45) is 17.4 Å². The van der Waals surface area contributed by atoms with Crippen LogP contribution in [-0.4, -0.2) is 56.2 Å². The molecule has 1 saturated heterocycles. The average molecular weight is 579 g/mol. The molecular formula is C34H35FN6O2. The molecule has 0 unspecified atom stereocenters. The Kier molecular flexibility index (Phi) is 6.58. The van der Waals surface area contributed by atoms with E-state index in [1.54, 1.807) is 22.8 Å². The SMILES string of the molecule is Cc1cc(-c2ccc3cc(-c4nn5cc(C(=O)N6C[C@H](N)C[C@@H](F)C6)ccc5c4C)n(CC4CC4)c3c2)ccc1C(N)=O. The van der Waals surface area contributed by atoms with Crippen molar-refractivity contribution in [1.82, 2.24) is 19.1 Å². The van der Waals surface area contributed by atoms with Gasteiger partial charge in [-0.05, 0) is 86.1 Å². The van der Waals surface area contributed by atoms with E-state index in [1.807, 2.05) is 25.1 Å². The van der Waals surface area contributed by atoms with E-state index in [1.165, 1.54) is 17.7 Å². The molecule has 43 heavy (non-hydrogen) atoms. The molecule has 5 aromatic rings. The van der Waals surface area contributed by atoms with Gasteiger partial charge in [-0.3, -0.25) is 9.59 Å². The molecule has 9 heteroatoms. The predicted molar refractivity (Wildman–Crippen MR) is 166 cm³/mol. The zero-order valence-electron chi connectivity index (χ0n) is 24.4. The minimum atomic E-state index is -1.11. The van der Waals surface area contributed by atoms with Crippen molar-refractivity contribution in [3.8, 4) is 22.5 Å². The Morgan fingerprint density at radius 3 is 2.47 bits per heavy atom. The first-order chi connectivity index (χ1) is 20.7. The normalized spacial score (nSPS) is 18.9. The number of hydrogen-bond donors (Lipinski definition) is 2. The summed E-state index contributed by atoms with van der Waals surface area (Å²) in [6, 6.07) is 17.7. The molecule has 8 nitrogen and oxygen atoms in total. The molecule has 1 saturated carbocycles. The first-order valence-corrected chi connectivity index (χ1v) is 14.9. The molecule has 2 fully saturated rings. The molecular weight excluding hydrogens is 543 g/mol. The Morgan fingerprint density at radius 2 is 1.74 bits per heavy atom. The third-order valence-corrected chi connectivity index (χ3v) is 8.95. The third-order valence-electron chi connectivity index (χ3n) is 8.95. The molecule has 4 heterocycles. The van der Waals surface area contributed by atoms with Crippen molar-refractivity contribution in [2.45, 2.75) is 51.9 Å². The topological polar surface area (TPSA) is 112 Å². The van der Waals surface area contributed by atoms with Crippen LogP contribution in [0.15, 0.2) is 60.8 Å². The first-order valence-electron chi connectivity index (χ1n) is 14.9. The van der Waals surface area contributed by atoms with Crippen LogP contribution in [0.25, 0.3) is 38.9 Å². The van der Waals surface area contributed by atoms with Crippen LogP contribution in [0.4, 0.5) is 4.39 Å². The number of benzene rings is 2. The monoisotopic (exact) mass is 578 g/mol. The lowest BCUT2D eigenvalue weighted by molar-refractivity contribution is 0.0606. The Hall–Kier alpha value is -4.50. The number of carbonyl (C=O) groups is 2. The number of pyridine rings is 1. The van der Waals surface area contributed by atoms with Crippen molar-refractivity contribution < 1.29 is 14.0 Å². The van der Waals surface area contributed by atoms with E-state index >= 15 is 0 Å². The molecule has 1 aliphatic carbocycles. The maximum absolute atomic E-state index is 14.2. The molecule has 2 atom stereocenters. The summed E-state index contributed by atoms with van der Waals surface area (Å²) in [5, 5.41) is 6.11. The second kappa shape index (κ2) is 10.3. The average Bonchev–Trinajstić information content (AvgIpc) is 3.65. The molecule has 2 aliphatic rings. The highest BCUT2D eigenvalue weighted by atomic mass is 19.1. The van der Waals surface area contributed by atoms with Gasteiger partial charge in [-0.1, -0.05) is 24.3 Å². The predicted octanol–water partition coefficient (Wildman–Crippen LogP) is 5.26. The van der Waals surface area contributed by atoms with Crippen molar-refractivity contribution in [3.05, 3.63) is 83.0 Å². The smallest absolute Gasteiger partial charge is 0.255 e. The maximum Gasteiger partial charge on any atom is 0.255 e. The Labute approximate surface area is 249 Å². The number of likely N-dealkylation sites (tertiary alicyclic amines) is 1. The van der Waals surface area contributed by atoms with Crippen molar-refractivity contribution in [2.75, 3.05) is 13.1 Å². The number of primary amides is 1. The van der Waals surface area contributed by atoms with E-state index < -0.39 is 12.1 Å². The lowest BCUT2D eigenvalue weighted by atomic mass is 9.99. The number of carbonyl (C=O) groups excluding carboxylic acids is 2. The van der Waals surface area contributed by atoms with Crippen molar-refractivity contribution in [3.63, 3.8) is 0 Å². The van der Waals surface area contributed by atoms with Gasteiger partial charge in [0.2, 0.25) is 5.91 Å². The fourth-order valence-electron chi connectivity index (χ4n) is 6.47. The summed E-state index contributed by atoms with van der Waals surface area (Å²) >= 11 is 0. The molecule has 0 bridgehead atoms. The highest BCUT2D eigenvalue weighted by Gasteiger charge is 2.29. The van der Waals surface area contributed by atoms with E-state index in [9.17, 15) is 14.0 Å². The van der Waals surface area contributed by atoms with Gasteiger partial charge in [-0.25, -0.2) is 8.91 Å². The number of hydrogen-bond acceptors (Lipinski definition) is 4. The zero-order chi connectivity index (χ0) is 30.0. The molecule has 7 rings (SSSR count).